The van der Waals surface area contributed by atoms with Gasteiger partial charge < -0.3 is 15.7 Å². The van der Waals surface area contributed by atoms with Crippen molar-refractivity contribution in [2.75, 3.05) is 6.54 Å². The zero-order valence-electron chi connectivity index (χ0n) is 7.45. The molecule has 4 heteroatoms. The maximum absolute atomic E-state index is 10.8. The third kappa shape index (κ3) is 1.85. The zero-order valence-corrected chi connectivity index (χ0v) is 7.45. The monoisotopic (exact) mass is 190 g/mol. The summed E-state index contributed by atoms with van der Waals surface area (Å²) in [5, 5.41) is 14.4. The van der Waals surface area contributed by atoms with E-state index in [0.29, 0.717) is 6.54 Å². The maximum atomic E-state index is 10.8. The van der Waals surface area contributed by atoms with Crippen LogP contribution in [0.5, 0.6) is 5.75 Å². The Morgan fingerprint density at radius 1 is 1.29 bits per heavy atom. The first-order chi connectivity index (χ1) is 6.74. The van der Waals surface area contributed by atoms with Gasteiger partial charge in [-0.05, 0) is 23.8 Å². The molecule has 1 aliphatic rings. The van der Waals surface area contributed by atoms with Crippen molar-refractivity contribution in [3.63, 3.8) is 0 Å². The van der Waals surface area contributed by atoms with Gasteiger partial charge in [0.25, 0.3) is 0 Å². The first kappa shape index (κ1) is 8.62. The molecule has 1 heterocycles. The van der Waals surface area contributed by atoms with E-state index in [1.807, 2.05) is 6.08 Å². The van der Waals surface area contributed by atoms with Crippen molar-refractivity contribution in [1.82, 2.24) is 10.6 Å². The Kier molecular flexibility index (Phi) is 2.10. The fourth-order valence-corrected chi connectivity index (χ4v) is 1.27. The predicted octanol–water partition coefficient (Wildman–Crippen LogP) is 1.05. The standard InChI is InChI=1S/C10H10N2O2/c13-9-3-1-7(2-4-9)5-8-6-11-10(14)12-8/h1-5,13H,6H2,(H2,11,12,14)/b8-5+. The second-order valence-corrected chi connectivity index (χ2v) is 3.07. The number of aromatic hydroxyl groups is 1. The minimum atomic E-state index is -0.171. The first-order valence-electron chi connectivity index (χ1n) is 4.28. The second-order valence-electron chi connectivity index (χ2n) is 3.07. The van der Waals surface area contributed by atoms with Crippen molar-refractivity contribution in [2.24, 2.45) is 0 Å². The second kappa shape index (κ2) is 3.41. The lowest BCUT2D eigenvalue weighted by Gasteiger charge is -1.97. The third-order valence-electron chi connectivity index (χ3n) is 1.95. The number of hydrogen-bond donors (Lipinski definition) is 3. The molecule has 2 rings (SSSR count). The van der Waals surface area contributed by atoms with Gasteiger partial charge in [-0.15, -0.1) is 0 Å². The zero-order chi connectivity index (χ0) is 9.97. The summed E-state index contributed by atoms with van der Waals surface area (Å²) in [4.78, 5) is 10.8. The number of nitrogens with one attached hydrogen (secondary N) is 2. The number of amides is 2. The highest BCUT2D eigenvalue weighted by atomic mass is 16.3. The summed E-state index contributed by atoms with van der Waals surface area (Å²) in [6, 6.07) is 6.61. The van der Waals surface area contributed by atoms with E-state index in [-0.39, 0.29) is 11.8 Å². The molecule has 0 saturated carbocycles. The van der Waals surface area contributed by atoms with Gasteiger partial charge in [-0.3, -0.25) is 0 Å². The van der Waals surface area contributed by atoms with Crippen LogP contribution in [0.3, 0.4) is 0 Å². The summed E-state index contributed by atoms with van der Waals surface area (Å²) >= 11 is 0. The Morgan fingerprint density at radius 3 is 2.57 bits per heavy atom. The van der Waals surface area contributed by atoms with Crippen LogP contribution in [0.2, 0.25) is 0 Å². The number of carbonyl (C=O) groups is 1. The fraction of sp³-hybridized carbons (Fsp3) is 0.100. The van der Waals surface area contributed by atoms with Crippen molar-refractivity contribution < 1.29 is 9.90 Å². The summed E-state index contributed by atoms with van der Waals surface area (Å²) in [6.07, 6.45) is 1.86. The molecule has 1 fully saturated rings. The molecule has 72 valence electrons. The first-order valence-corrected chi connectivity index (χ1v) is 4.28. The molecule has 0 bridgehead atoms. The number of rotatable bonds is 1. The molecular weight excluding hydrogens is 180 g/mol. The Hall–Kier alpha value is -1.97. The van der Waals surface area contributed by atoms with E-state index in [9.17, 15) is 4.79 Å². The molecule has 0 radical (unpaired) electrons. The molecule has 0 atom stereocenters. The summed E-state index contributed by atoms with van der Waals surface area (Å²) in [6.45, 7) is 0.527. The summed E-state index contributed by atoms with van der Waals surface area (Å²) in [5.74, 6) is 0.237. The topological polar surface area (TPSA) is 61.4 Å². The van der Waals surface area contributed by atoms with Crippen LogP contribution in [0.25, 0.3) is 6.08 Å². The van der Waals surface area contributed by atoms with E-state index in [4.69, 9.17) is 5.11 Å². The number of phenolic OH excluding ortho intramolecular Hbond substituents is 1. The molecule has 0 aliphatic carbocycles. The van der Waals surface area contributed by atoms with Crippen LogP contribution in [0, 0.1) is 0 Å². The van der Waals surface area contributed by atoms with E-state index in [0.717, 1.165) is 11.3 Å². The number of benzene rings is 1. The molecule has 2 amide bonds. The van der Waals surface area contributed by atoms with Gasteiger partial charge in [-0.2, -0.15) is 0 Å². The van der Waals surface area contributed by atoms with Gasteiger partial charge >= 0.3 is 6.03 Å². The Balaban J connectivity index is 2.17. The van der Waals surface area contributed by atoms with Gasteiger partial charge in [0, 0.05) is 5.70 Å². The summed E-state index contributed by atoms with van der Waals surface area (Å²) in [5.41, 5.74) is 1.78. The highest BCUT2D eigenvalue weighted by Crippen LogP contribution is 2.12. The van der Waals surface area contributed by atoms with Crippen molar-refractivity contribution in [2.45, 2.75) is 0 Å². The van der Waals surface area contributed by atoms with E-state index >= 15 is 0 Å². The van der Waals surface area contributed by atoms with Crippen LogP contribution in [0.4, 0.5) is 4.79 Å². The lowest BCUT2D eigenvalue weighted by atomic mass is 10.2. The van der Waals surface area contributed by atoms with Crippen molar-refractivity contribution >= 4 is 12.1 Å². The number of urea groups is 1. The van der Waals surface area contributed by atoms with Crippen LogP contribution in [0.15, 0.2) is 30.0 Å². The fourth-order valence-electron chi connectivity index (χ4n) is 1.27. The van der Waals surface area contributed by atoms with Gasteiger partial charge in [0.1, 0.15) is 5.75 Å². The lowest BCUT2D eigenvalue weighted by molar-refractivity contribution is 0.249. The van der Waals surface area contributed by atoms with Crippen molar-refractivity contribution in [3.8, 4) is 5.75 Å². The largest absolute Gasteiger partial charge is 0.508 e. The van der Waals surface area contributed by atoms with E-state index in [2.05, 4.69) is 10.6 Å². The number of phenols is 1. The molecule has 3 N–H and O–H groups in total. The molecular formula is C10H10N2O2. The highest BCUT2D eigenvalue weighted by Gasteiger charge is 2.11. The van der Waals surface area contributed by atoms with Crippen molar-refractivity contribution in [1.29, 1.82) is 0 Å². The van der Waals surface area contributed by atoms with Gasteiger partial charge in [0.15, 0.2) is 0 Å². The van der Waals surface area contributed by atoms with E-state index in [1.165, 1.54) is 0 Å². The Labute approximate surface area is 81.3 Å². The third-order valence-corrected chi connectivity index (χ3v) is 1.95. The highest BCUT2D eigenvalue weighted by molar-refractivity contribution is 5.81. The lowest BCUT2D eigenvalue weighted by Crippen LogP contribution is -2.19. The molecule has 1 aliphatic heterocycles. The quantitative estimate of drug-likeness (QED) is 0.619. The minimum absolute atomic E-state index is 0.171. The SMILES string of the molecule is O=C1NC/C(=C\c2ccc(O)cc2)N1. The molecule has 1 saturated heterocycles. The van der Waals surface area contributed by atoms with Crippen LogP contribution < -0.4 is 10.6 Å². The average molecular weight is 190 g/mol. The number of carbonyl (C=O) groups excluding carboxylic acids is 1. The minimum Gasteiger partial charge on any atom is -0.508 e. The van der Waals surface area contributed by atoms with Crippen LogP contribution in [-0.2, 0) is 0 Å². The van der Waals surface area contributed by atoms with E-state index in [1.54, 1.807) is 24.3 Å². The Morgan fingerprint density at radius 2 is 2.00 bits per heavy atom. The Bertz CT molecular complexity index is 382. The van der Waals surface area contributed by atoms with Crippen LogP contribution >= 0.6 is 0 Å². The molecule has 4 nitrogen and oxygen atoms in total. The van der Waals surface area contributed by atoms with Crippen LogP contribution in [-0.4, -0.2) is 17.7 Å². The molecule has 0 unspecified atom stereocenters. The average Bonchev–Trinajstić information content (AvgIpc) is 2.56. The predicted molar refractivity (Wildman–Crippen MR) is 52.6 cm³/mol. The number of hydrogen-bond acceptors (Lipinski definition) is 2. The molecule has 1 aromatic rings. The normalized spacial score (nSPS) is 18.0. The smallest absolute Gasteiger partial charge is 0.319 e. The summed E-state index contributed by atoms with van der Waals surface area (Å²) in [7, 11) is 0. The molecule has 0 spiro atoms. The van der Waals surface area contributed by atoms with Crippen LogP contribution in [0.1, 0.15) is 5.56 Å². The van der Waals surface area contributed by atoms with Gasteiger partial charge in [-0.25, -0.2) is 4.79 Å². The van der Waals surface area contributed by atoms with Crippen molar-refractivity contribution in [3.05, 3.63) is 35.5 Å². The molecule has 1 aromatic carbocycles. The summed E-state index contributed by atoms with van der Waals surface area (Å²) < 4.78 is 0. The van der Waals surface area contributed by atoms with Gasteiger partial charge in [-0.1, -0.05) is 12.1 Å². The molecule has 14 heavy (non-hydrogen) atoms. The van der Waals surface area contributed by atoms with Gasteiger partial charge in [0.05, 0.1) is 6.54 Å². The maximum Gasteiger partial charge on any atom is 0.319 e. The molecule has 0 aromatic heterocycles. The van der Waals surface area contributed by atoms with Gasteiger partial charge in [0.2, 0.25) is 0 Å². The van der Waals surface area contributed by atoms with E-state index < -0.39 is 0 Å².